The normalized spacial score (nSPS) is 23.2. The Morgan fingerprint density at radius 1 is 1.20 bits per heavy atom. The van der Waals surface area contributed by atoms with Crippen LogP contribution in [0.1, 0.15) is 51.0 Å². The largest absolute Gasteiger partial charge is 0.381 e. The van der Waals surface area contributed by atoms with Crippen molar-refractivity contribution in [2.75, 3.05) is 32.8 Å². The predicted octanol–water partition coefficient (Wildman–Crippen LogP) is 3.12. The quantitative estimate of drug-likeness (QED) is 0.737. The molecule has 2 saturated heterocycles. The molecule has 3 rings (SSSR count). The first-order chi connectivity index (χ1) is 12.2. The van der Waals surface area contributed by atoms with Gasteiger partial charge in [-0.25, -0.2) is 0 Å². The number of hydrogen-bond donors (Lipinski definition) is 1. The molecule has 0 unspecified atom stereocenters. The number of hydrogen-bond acceptors (Lipinski definition) is 3. The minimum Gasteiger partial charge on any atom is -0.381 e. The first-order valence-electron chi connectivity index (χ1n) is 9.89. The Labute approximate surface area is 151 Å². The summed E-state index contributed by atoms with van der Waals surface area (Å²) in [5, 5.41) is 3.48. The van der Waals surface area contributed by atoms with E-state index in [2.05, 4.69) is 47.5 Å². The Hall–Kier alpha value is -1.39. The van der Waals surface area contributed by atoms with Crippen molar-refractivity contribution in [3.8, 4) is 0 Å². The van der Waals surface area contributed by atoms with Crippen molar-refractivity contribution in [3.05, 3.63) is 35.9 Å². The molecule has 0 saturated carbocycles. The molecule has 1 aromatic carbocycles. The molecular formula is C21H32N2O2. The molecule has 0 aliphatic carbocycles. The molecule has 25 heavy (non-hydrogen) atoms. The van der Waals surface area contributed by atoms with Crippen molar-refractivity contribution < 1.29 is 9.53 Å². The van der Waals surface area contributed by atoms with Gasteiger partial charge in [-0.05, 0) is 50.8 Å². The maximum absolute atomic E-state index is 12.6. The highest BCUT2D eigenvalue weighted by Gasteiger charge is 2.41. The van der Waals surface area contributed by atoms with Crippen LogP contribution in [0.25, 0.3) is 0 Å². The zero-order chi connectivity index (χ0) is 17.5. The maximum Gasteiger partial charge on any atom is 0.222 e. The van der Waals surface area contributed by atoms with Crippen molar-refractivity contribution in [2.24, 2.45) is 0 Å². The fourth-order valence-corrected chi connectivity index (χ4v) is 4.30. The second-order valence-corrected chi connectivity index (χ2v) is 7.51. The van der Waals surface area contributed by atoms with Crippen molar-refractivity contribution in [1.29, 1.82) is 0 Å². The third-order valence-electron chi connectivity index (χ3n) is 5.84. The second kappa shape index (κ2) is 8.81. The van der Waals surface area contributed by atoms with E-state index in [1.54, 1.807) is 0 Å². The standard InChI is InChI=1S/C21H32N2O2/c1-2-13-22-14-10-19-8-9-20(24)23(19)17-21(11-15-25-16-12-21)18-6-4-3-5-7-18/h3-7,19,22H,2,8-17H2,1H3/t19-/m1/s1. The Bertz CT molecular complexity index is 540. The van der Waals surface area contributed by atoms with Crippen LogP contribution in [0.3, 0.4) is 0 Å². The number of nitrogens with one attached hydrogen (secondary N) is 1. The fraction of sp³-hybridized carbons (Fsp3) is 0.667. The maximum atomic E-state index is 12.6. The van der Waals surface area contributed by atoms with Gasteiger partial charge in [0.2, 0.25) is 5.91 Å². The number of nitrogens with zero attached hydrogens (tertiary/aromatic N) is 1. The summed E-state index contributed by atoms with van der Waals surface area (Å²) in [6.45, 7) is 6.68. The van der Waals surface area contributed by atoms with Crippen molar-refractivity contribution in [1.82, 2.24) is 10.2 Å². The van der Waals surface area contributed by atoms with E-state index >= 15 is 0 Å². The summed E-state index contributed by atoms with van der Waals surface area (Å²) in [7, 11) is 0. The number of rotatable bonds is 8. The van der Waals surface area contributed by atoms with Gasteiger partial charge in [-0.2, -0.15) is 0 Å². The Kier molecular flexibility index (Phi) is 6.49. The number of benzene rings is 1. The molecule has 0 bridgehead atoms. The van der Waals surface area contributed by atoms with E-state index in [-0.39, 0.29) is 5.41 Å². The van der Waals surface area contributed by atoms with Gasteiger partial charge in [-0.3, -0.25) is 4.79 Å². The number of carbonyl (C=O) groups is 1. The van der Waals surface area contributed by atoms with Crippen molar-refractivity contribution >= 4 is 5.91 Å². The van der Waals surface area contributed by atoms with E-state index in [0.717, 1.165) is 65.0 Å². The average Bonchev–Trinajstić information content (AvgIpc) is 3.00. The summed E-state index contributed by atoms with van der Waals surface area (Å²) in [5.41, 5.74) is 1.41. The summed E-state index contributed by atoms with van der Waals surface area (Å²) in [5.74, 6) is 0.335. The summed E-state index contributed by atoms with van der Waals surface area (Å²) in [6, 6.07) is 11.1. The lowest BCUT2D eigenvalue weighted by Gasteiger charge is -2.42. The molecule has 0 spiro atoms. The van der Waals surface area contributed by atoms with Crippen LogP contribution in [0.4, 0.5) is 0 Å². The van der Waals surface area contributed by atoms with Crippen molar-refractivity contribution in [3.63, 3.8) is 0 Å². The van der Waals surface area contributed by atoms with Gasteiger partial charge < -0.3 is 15.0 Å². The van der Waals surface area contributed by atoms with Crippen LogP contribution in [0.15, 0.2) is 30.3 Å². The third-order valence-corrected chi connectivity index (χ3v) is 5.84. The zero-order valence-corrected chi connectivity index (χ0v) is 15.5. The summed E-state index contributed by atoms with van der Waals surface area (Å²) in [6.07, 6.45) is 5.94. The highest BCUT2D eigenvalue weighted by Crippen LogP contribution is 2.38. The first kappa shape index (κ1) is 18.4. The number of amides is 1. The smallest absolute Gasteiger partial charge is 0.222 e. The lowest BCUT2D eigenvalue weighted by atomic mass is 9.73. The molecule has 2 fully saturated rings. The lowest BCUT2D eigenvalue weighted by Crippen LogP contribution is -2.48. The van der Waals surface area contributed by atoms with Gasteiger partial charge in [0.25, 0.3) is 0 Å². The van der Waals surface area contributed by atoms with Gasteiger partial charge >= 0.3 is 0 Å². The predicted molar refractivity (Wildman–Crippen MR) is 101 cm³/mol. The zero-order valence-electron chi connectivity index (χ0n) is 15.5. The average molecular weight is 344 g/mol. The summed E-state index contributed by atoms with van der Waals surface area (Å²) < 4.78 is 5.64. The van der Waals surface area contributed by atoms with Gasteiger partial charge in [0, 0.05) is 37.6 Å². The molecular weight excluding hydrogens is 312 g/mol. The van der Waals surface area contributed by atoms with E-state index in [0.29, 0.717) is 18.4 Å². The molecule has 0 radical (unpaired) electrons. The van der Waals surface area contributed by atoms with E-state index in [9.17, 15) is 4.79 Å². The van der Waals surface area contributed by atoms with Crippen LogP contribution in [-0.4, -0.2) is 49.7 Å². The SMILES string of the molecule is CCCNCC[C@H]1CCC(=O)N1CC1(c2ccccc2)CCOCC1. The fourth-order valence-electron chi connectivity index (χ4n) is 4.30. The lowest BCUT2D eigenvalue weighted by molar-refractivity contribution is -0.130. The monoisotopic (exact) mass is 344 g/mol. The van der Waals surface area contributed by atoms with Crippen LogP contribution in [0.2, 0.25) is 0 Å². The molecule has 138 valence electrons. The van der Waals surface area contributed by atoms with Crippen LogP contribution >= 0.6 is 0 Å². The molecule has 4 nitrogen and oxygen atoms in total. The van der Waals surface area contributed by atoms with E-state index in [1.807, 2.05) is 0 Å². The summed E-state index contributed by atoms with van der Waals surface area (Å²) in [4.78, 5) is 14.8. The minimum atomic E-state index is 0.0502. The van der Waals surface area contributed by atoms with Crippen LogP contribution in [0, 0.1) is 0 Å². The molecule has 0 aromatic heterocycles. The van der Waals surface area contributed by atoms with Gasteiger partial charge in [0.1, 0.15) is 0 Å². The summed E-state index contributed by atoms with van der Waals surface area (Å²) >= 11 is 0. The topological polar surface area (TPSA) is 41.6 Å². The van der Waals surface area contributed by atoms with Crippen LogP contribution in [0.5, 0.6) is 0 Å². The van der Waals surface area contributed by atoms with Gasteiger partial charge in [-0.15, -0.1) is 0 Å². The Morgan fingerprint density at radius 2 is 1.96 bits per heavy atom. The number of ether oxygens (including phenoxy) is 1. The van der Waals surface area contributed by atoms with Crippen LogP contribution < -0.4 is 5.32 Å². The highest BCUT2D eigenvalue weighted by molar-refractivity contribution is 5.79. The molecule has 1 aromatic rings. The molecule has 1 atom stereocenters. The first-order valence-corrected chi connectivity index (χ1v) is 9.89. The van der Waals surface area contributed by atoms with E-state index < -0.39 is 0 Å². The molecule has 2 heterocycles. The van der Waals surface area contributed by atoms with E-state index in [1.165, 1.54) is 5.56 Å². The molecule has 2 aliphatic heterocycles. The molecule has 1 N–H and O–H groups in total. The van der Waals surface area contributed by atoms with Gasteiger partial charge in [0.05, 0.1) is 0 Å². The van der Waals surface area contributed by atoms with Crippen molar-refractivity contribution in [2.45, 2.75) is 56.9 Å². The number of carbonyl (C=O) groups excluding carboxylic acids is 1. The third kappa shape index (κ3) is 4.42. The second-order valence-electron chi connectivity index (χ2n) is 7.51. The molecule has 4 heteroatoms. The molecule has 1 amide bonds. The molecule has 2 aliphatic rings. The van der Waals surface area contributed by atoms with Gasteiger partial charge in [-0.1, -0.05) is 37.3 Å². The van der Waals surface area contributed by atoms with E-state index in [4.69, 9.17) is 4.74 Å². The Morgan fingerprint density at radius 3 is 2.68 bits per heavy atom. The highest BCUT2D eigenvalue weighted by atomic mass is 16.5. The Balaban J connectivity index is 1.72. The van der Waals surface area contributed by atoms with Gasteiger partial charge in [0.15, 0.2) is 0 Å². The van der Waals surface area contributed by atoms with Crippen LogP contribution in [-0.2, 0) is 14.9 Å². The number of likely N-dealkylation sites (tertiary alicyclic amines) is 1. The minimum absolute atomic E-state index is 0.0502.